The highest BCUT2D eigenvalue weighted by Crippen LogP contribution is 2.30. The lowest BCUT2D eigenvalue weighted by atomic mass is 10.1. The average molecular weight is 544 g/mol. The summed E-state index contributed by atoms with van der Waals surface area (Å²) >= 11 is 4.67. The van der Waals surface area contributed by atoms with Gasteiger partial charge in [0.15, 0.2) is 11.7 Å². The van der Waals surface area contributed by atoms with Gasteiger partial charge in [-0.2, -0.15) is 0 Å². The summed E-state index contributed by atoms with van der Waals surface area (Å²) in [7, 11) is -3.75. The Morgan fingerprint density at radius 1 is 1.00 bits per heavy atom. The van der Waals surface area contributed by atoms with E-state index in [0.29, 0.717) is 11.4 Å². The molecule has 0 aliphatic rings. The van der Waals surface area contributed by atoms with Gasteiger partial charge in [-0.15, -0.1) is 11.3 Å². The van der Waals surface area contributed by atoms with Crippen LogP contribution >= 0.6 is 27.3 Å². The number of hydrogen-bond acceptors (Lipinski definition) is 6. The first-order chi connectivity index (χ1) is 15.9. The molecular formula is C23H18BrN3O4S2. The topological polar surface area (TPSA) is 97.4 Å². The van der Waals surface area contributed by atoms with E-state index in [-0.39, 0.29) is 22.5 Å². The van der Waals surface area contributed by atoms with Crippen molar-refractivity contribution in [2.24, 2.45) is 0 Å². The molecule has 0 radical (unpaired) electrons. The molecule has 0 spiro atoms. The predicted molar refractivity (Wildman–Crippen MR) is 133 cm³/mol. The molecule has 0 saturated carbocycles. The molecule has 0 bridgehead atoms. The Morgan fingerprint density at radius 3 is 2.42 bits per heavy atom. The second kappa shape index (κ2) is 10.2. The predicted octanol–water partition coefficient (Wildman–Crippen LogP) is 5.39. The van der Waals surface area contributed by atoms with Gasteiger partial charge in [-0.1, -0.05) is 36.4 Å². The number of ether oxygens (including phenoxy) is 1. The number of halogens is 1. The van der Waals surface area contributed by atoms with E-state index >= 15 is 0 Å². The van der Waals surface area contributed by atoms with Crippen LogP contribution in [-0.4, -0.2) is 25.9 Å². The summed E-state index contributed by atoms with van der Waals surface area (Å²) in [5.41, 5.74) is 2.56. The van der Waals surface area contributed by atoms with Crippen LogP contribution in [0.1, 0.15) is 0 Å². The smallest absolute Gasteiger partial charge is 0.263 e. The fraction of sp³-hybridized carbons (Fsp3) is 0.0435. The van der Waals surface area contributed by atoms with E-state index in [1.807, 2.05) is 42.5 Å². The van der Waals surface area contributed by atoms with E-state index in [0.717, 1.165) is 15.6 Å². The first kappa shape index (κ1) is 23.0. The Kier molecular flexibility index (Phi) is 7.07. The van der Waals surface area contributed by atoms with Crippen LogP contribution in [0.5, 0.6) is 5.75 Å². The van der Waals surface area contributed by atoms with Crippen LogP contribution in [0.15, 0.2) is 93.7 Å². The number of carbonyl (C=O) groups excluding carboxylic acids is 1. The molecule has 0 aliphatic heterocycles. The SMILES string of the molecule is O=C(COc1ccc(-c2ccccc2)cc1Br)Nc1ccc(S(=O)(=O)Nc2nccs2)cc1. The molecule has 4 rings (SSSR count). The average Bonchev–Trinajstić information content (AvgIpc) is 3.31. The van der Waals surface area contributed by atoms with Crippen molar-refractivity contribution in [3.8, 4) is 16.9 Å². The van der Waals surface area contributed by atoms with Crippen molar-refractivity contribution in [1.82, 2.24) is 4.98 Å². The van der Waals surface area contributed by atoms with Crippen molar-refractivity contribution in [3.63, 3.8) is 0 Å². The van der Waals surface area contributed by atoms with Crippen LogP contribution in [0.3, 0.4) is 0 Å². The van der Waals surface area contributed by atoms with E-state index in [9.17, 15) is 13.2 Å². The van der Waals surface area contributed by atoms with Crippen molar-refractivity contribution in [2.45, 2.75) is 4.90 Å². The summed E-state index contributed by atoms with van der Waals surface area (Å²) < 4.78 is 33.5. The summed E-state index contributed by atoms with van der Waals surface area (Å²) in [4.78, 5) is 16.3. The lowest BCUT2D eigenvalue weighted by molar-refractivity contribution is -0.118. The minimum atomic E-state index is -3.75. The normalized spacial score (nSPS) is 11.1. The number of amides is 1. The maximum Gasteiger partial charge on any atom is 0.263 e. The van der Waals surface area contributed by atoms with Crippen LogP contribution in [0.4, 0.5) is 10.8 Å². The molecule has 33 heavy (non-hydrogen) atoms. The van der Waals surface area contributed by atoms with E-state index in [1.165, 1.54) is 41.8 Å². The van der Waals surface area contributed by atoms with Gasteiger partial charge in [-0.25, -0.2) is 13.4 Å². The van der Waals surface area contributed by atoms with Crippen LogP contribution in [0.25, 0.3) is 11.1 Å². The number of carbonyl (C=O) groups is 1. The molecule has 7 nitrogen and oxygen atoms in total. The quantitative estimate of drug-likeness (QED) is 0.310. The van der Waals surface area contributed by atoms with Crippen molar-refractivity contribution in [2.75, 3.05) is 16.6 Å². The lowest BCUT2D eigenvalue weighted by Crippen LogP contribution is -2.20. The van der Waals surface area contributed by atoms with Crippen molar-refractivity contribution >= 4 is 54.0 Å². The molecule has 2 N–H and O–H groups in total. The Labute approximate surface area is 203 Å². The summed E-state index contributed by atoms with van der Waals surface area (Å²) in [5, 5.41) is 4.65. The highest BCUT2D eigenvalue weighted by Gasteiger charge is 2.15. The van der Waals surface area contributed by atoms with Crippen LogP contribution < -0.4 is 14.8 Å². The number of thiazole rings is 1. The molecule has 4 aromatic rings. The van der Waals surface area contributed by atoms with Gasteiger partial charge in [0.25, 0.3) is 15.9 Å². The molecule has 168 valence electrons. The third kappa shape index (κ3) is 5.98. The molecule has 10 heteroatoms. The minimum absolute atomic E-state index is 0.0642. The number of nitrogens with one attached hydrogen (secondary N) is 2. The second-order valence-electron chi connectivity index (χ2n) is 6.82. The number of nitrogens with zero attached hydrogens (tertiary/aromatic N) is 1. The van der Waals surface area contributed by atoms with E-state index in [4.69, 9.17) is 4.74 Å². The monoisotopic (exact) mass is 543 g/mol. The summed E-state index contributed by atoms with van der Waals surface area (Å²) in [6.07, 6.45) is 1.51. The van der Waals surface area contributed by atoms with Crippen LogP contribution in [0, 0.1) is 0 Å². The van der Waals surface area contributed by atoms with Crippen LogP contribution in [-0.2, 0) is 14.8 Å². The number of rotatable bonds is 8. The molecule has 1 aromatic heterocycles. The molecule has 1 heterocycles. The first-order valence-corrected chi connectivity index (χ1v) is 12.9. The largest absolute Gasteiger partial charge is 0.483 e. The van der Waals surface area contributed by atoms with E-state index in [1.54, 1.807) is 11.4 Å². The summed E-state index contributed by atoms with van der Waals surface area (Å²) in [5.74, 6) is 0.171. The molecule has 0 saturated heterocycles. The van der Waals surface area contributed by atoms with Gasteiger partial charge in [0, 0.05) is 17.3 Å². The third-order valence-electron chi connectivity index (χ3n) is 4.50. The van der Waals surface area contributed by atoms with Gasteiger partial charge in [-0.3, -0.25) is 9.52 Å². The summed E-state index contributed by atoms with van der Waals surface area (Å²) in [6, 6.07) is 21.4. The Balaban J connectivity index is 1.33. The van der Waals surface area contributed by atoms with Crippen molar-refractivity contribution in [3.05, 3.63) is 88.8 Å². The number of hydrogen-bond donors (Lipinski definition) is 2. The van der Waals surface area contributed by atoms with E-state index in [2.05, 4.69) is 31.0 Å². The maximum atomic E-state index is 12.4. The fourth-order valence-electron chi connectivity index (χ4n) is 2.93. The molecule has 0 atom stereocenters. The fourth-order valence-corrected chi connectivity index (χ4v) is 5.22. The van der Waals surface area contributed by atoms with Crippen molar-refractivity contribution in [1.29, 1.82) is 0 Å². The minimum Gasteiger partial charge on any atom is -0.483 e. The van der Waals surface area contributed by atoms with Gasteiger partial charge in [0.2, 0.25) is 0 Å². The van der Waals surface area contributed by atoms with Gasteiger partial charge in [0.05, 0.1) is 9.37 Å². The second-order valence-corrected chi connectivity index (χ2v) is 10.2. The molecule has 3 aromatic carbocycles. The molecule has 0 unspecified atom stereocenters. The molecular weight excluding hydrogens is 526 g/mol. The highest BCUT2D eigenvalue weighted by atomic mass is 79.9. The Hall–Kier alpha value is -3.21. The summed E-state index contributed by atoms with van der Waals surface area (Å²) in [6.45, 7) is -0.199. The molecule has 0 fully saturated rings. The standard InChI is InChI=1S/C23H18BrN3O4S2/c24-20-14-17(16-4-2-1-3-5-16)6-11-21(20)31-15-22(28)26-18-7-9-19(10-8-18)33(29,30)27-23-25-12-13-32-23/h1-14H,15H2,(H,25,27)(H,26,28). The highest BCUT2D eigenvalue weighted by molar-refractivity contribution is 9.10. The third-order valence-corrected chi connectivity index (χ3v) is 7.29. The number of benzene rings is 3. The number of aromatic nitrogens is 1. The first-order valence-electron chi connectivity index (χ1n) is 9.71. The van der Waals surface area contributed by atoms with Crippen molar-refractivity contribution < 1.29 is 17.9 Å². The lowest BCUT2D eigenvalue weighted by Gasteiger charge is -2.11. The number of sulfonamides is 1. The van der Waals surface area contributed by atoms with Gasteiger partial charge in [-0.05, 0) is 63.5 Å². The Bertz CT molecular complexity index is 1340. The van der Waals surface area contributed by atoms with Gasteiger partial charge >= 0.3 is 0 Å². The number of anilines is 2. The van der Waals surface area contributed by atoms with Crippen LogP contribution in [0.2, 0.25) is 0 Å². The zero-order chi connectivity index (χ0) is 23.3. The van der Waals surface area contributed by atoms with Gasteiger partial charge < -0.3 is 10.1 Å². The Morgan fingerprint density at radius 2 is 1.76 bits per heavy atom. The molecule has 0 aliphatic carbocycles. The zero-order valence-electron chi connectivity index (χ0n) is 17.1. The zero-order valence-corrected chi connectivity index (χ0v) is 20.3. The maximum absolute atomic E-state index is 12.4. The van der Waals surface area contributed by atoms with Gasteiger partial charge in [0.1, 0.15) is 5.75 Å². The van der Waals surface area contributed by atoms with E-state index < -0.39 is 10.0 Å². The molecule has 1 amide bonds.